The number of rotatable bonds is 6. The molecule has 3 aromatic rings. The molecule has 1 N–H and O–H groups in total. The van der Waals surface area contributed by atoms with Crippen LogP contribution in [0.15, 0.2) is 66.7 Å². The summed E-state index contributed by atoms with van der Waals surface area (Å²) in [6.07, 6.45) is -0.267. The molecule has 152 valence electrons. The van der Waals surface area contributed by atoms with Gasteiger partial charge in [-0.2, -0.15) is 0 Å². The summed E-state index contributed by atoms with van der Waals surface area (Å²) in [7, 11) is 0. The van der Waals surface area contributed by atoms with Crippen molar-refractivity contribution in [3.63, 3.8) is 0 Å². The standard InChI is InChI=1S/C24H22N2O4/c1-2-28-18-10-8-17(9-11-18)25-23-19-5-3-4-6-20(19)24(27)26(23)14-16-7-12-21-22(13-16)30-15-29-21/h3-13,23,25H,2,14-15H2,1H3/t23-/m1/s1. The van der Waals surface area contributed by atoms with Crippen LogP contribution in [0.1, 0.15) is 34.6 Å². The average Bonchev–Trinajstić information content (AvgIpc) is 3.34. The van der Waals surface area contributed by atoms with Gasteiger partial charge in [-0.05, 0) is 55.0 Å². The highest BCUT2D eigenvalue weighted by atomic mass is 16.7. The van der Waals surface area contributed by atoms with Crippen LogP contribution in [0.2, 0.25) is 0 Å². The maximum atomic E-state index is 13.2. The SMILES string of the molecule is CCOc1ccc(N[C@H]2c3ccccc3C(=O)N2Cc2ccc3c(c2)OCO3)cc1. The molecule has 0 aromatic heterocycles. The number of nitrogens with zero attached hydrogens (tertiary/aromatic N) is 1. The highest BCUT2D eigenvalue weighted by Crippen LogP contribution is 2.38. The monoisotopic (exact) mass is 402 g/mol. The normalized spacial score (nSPS) is 16.5. The Morgan fingerprint density at radius 2 is 1.83 bits per heavy atom. The van der Waals surface area contributed by atoms with E-state index in [9.17, 15) is 4.79 Å². The van der Waals surface area contributed by atoms with Crippen LogP contribution in [-0.2, 0) is 6.54 Å². The molecular formula is C24H22N2O4. The Bertz CT molecular complexity index is 1080. The van der Waals surface area contributed by atoms with E-state index in [4.69, 9.17) is 14.2 Å². The van der Waals surface area contributed by atoms with Gasteiger partial charge in [-0.15, -0.1) is 0 Å². The average molecular weight is 402 g/mol. The Kier molecular flexibility index (Phi) is 4.67. The fraction of sp³-hybridized carbons (Fsp3) is 0.208. The van der Waals surface area contributed by atoms with Crippen molar-refractivity contribution in [3.8, 4) is 17.2 Å². The number of ether oxygens (including phenoxy) is 3. The van der Waals surface area contributed by atoms with Crippen LogP contribution in [0.4, 0.5) is 5.69 Å². The van der Waals surface area contributed by atoms with E-state index in [1.807, 2.05) is 78.6 Å². The summed E-state index contributed by atoms with van der Waals surface area (Å²) in [4.78, 5) is 15.0. The number of hydrogen-bond acceptors (Lipinski definition) is 5. The number of benzene rings is 3. The first-order valence-electron chi connectivity index (χ1n) is 10.0. The van der Waals surface area contributed by atoms with E-state index in [0.29, 0.717) is 18.9 Å². The third-order valence-corrected chi connectivity index (χ3v) is 5.32. The van der Waals surface area contributed by atoms with Gasteiger partial charge in [0.25, 0.3) is 5.91 Å². The molecule has 2 aliphatic rings. The van der Waals surface area contributed by atoms with Crippen LogP contribution in [0, 0.1) is 0 Å². The lowest BCUT2D eigenvalue weighted by Gasteiger charge is -2.27. The summed E-state index contributed by atoms with van der Waals surface area (Å²) in [5.41, 5.74) is 3.60. The lowest BCUT2D eigenvalue weighted by Crippen LogP contribution is -2.31. The molecule has 0 spiro atoms. The number of carbonyl (C=O) groups is 1. The van der Waals surface area contributed by atoms with Crippen LogP contribution in [0.25, 0.3) is 0 Å². The van der Waals surface area contributed by atoms with Gasteiger partial charge in [0.05, 0.1) is 6.61 Å². The van der Waals surface area contributed by atoms with Crippen molar-refractivity contribution < 1.29 is 19.0 Å². The maximum absolute atomic E-state index is 13.2. The molecule has 1 amide bonds. The van der Waals surface area contributed by atoms with Crippen molar-refractivity contribution in [1.82, 2.24) is 4.90 Å². The van der Waals surface area contributed by atoms with Gasteiger partial charge in [-0.1, -0.05) is 24.3 Å². The summed E-state index contributed by atoms with van der Waals surface area (Å²) < 4.78 is 16.4. The summed E-state index contributed by atoms with van der Waals surface area (Å²) >= 11 is 0. The molecule has 6 nitrogen and oxygen atoms in total. The molecule has 0 bridgehead atoms. The van der Waals surface area contributed by atoms with Gasteiger partial charge in [0.2, 0.25) is 6.79 Å². The molecule has 2 aliphatic heterocycles. The first-order valence-corrected chi connectivity index (χ1v) is 10.0. The number of hydrogen-bond donors (Lipinski definition) is 1. The molecule has 1 atom stereocenters. The molecular weight excluding hydrogens is 380 g/mol. The predicted molar refractivity (Wildman–Crippen MR) is 113 cm³/mol. The molecule has 0 saturated carbocycles. The second-order valence-corrected chi connectivity index (χ2v) is 7.21. The second-order valence-electron chi connectivity index (χ2n) is 7.21. The predicted octanol–water partition coefficient (Wildman–Crippen LogP) is 4.58. The molecule has 0 unspecified atom stereocenters. The van der Waals surface area contributed by atoms with Crippen molar-refractivity contribution in [2.45, 2.75) is 19.6 Å². The van der Waals surface area contributed by atoms with Gasteiger partial charge < -0.3 is 24.4 Å². The first-order chi connectivity index (χ1) is 14.7. The fourth-order valence-electron chi connectivity index (χ4n) is 3.90. The van der Waals surface area contributed by atoms with E-state index >= 15 is 0 Å². The summed E-state index contributed by atoms with van der Waals surface area (Å²) in [5.74, 6) is 2.28. The van der Waals surface area contributed by atoms with Crippen molar-refractivity contribution in [1.29, 1.82) is 0 Å². The summed E-state index contributed by atoms with van der Waals surface area (Å²) in [6.45, 7) is 3.27. The third-order valence-electron chi connectivity index (χ3n) is 5.32. The zero-order valence-electron chi connectivity index (χ0n) is 16.6. The highest BCUT2D eigenvalue weighted by Gasteiger charge is 2.36. The zero-order chi connectivity index (χ0) is 20.5. The topological polar surface area (TPSA) is 60.0 Å². The molecule has 0 radical (unpaired) electrons. The molecule has 5 rings (SSSR count). The van der Waals surface area contributed by atoms with Gasteiger partial charge >= 0.3 is 0 Å². The van der Waals surface area contributed by atoms with Crippen molar-refractivity contribution >= 4 is 11.6 Å². The molecule has 2 heterocycles. The Morgan fingerprint density at radius 3 is 2.67 bits per heavy atom. The number of amides is 1. The largest absolute Gasteiger partial charge is 0.494 e. The van der Waals surface area contributed by atoms with E-state index in [0.717, 1.165) is 33.9 Å². The van der Waals surface area contributed by atoms with Gasteiger partial charge in [0.1, 0.15) is 11.9 Å². The zero-order valence-corrected chi connectivity index (χ0v) is 16.6. The van der Waals surface area contributed by atoms with Crippen LogP contribution < -0.4 is 19.5 Å². The van der Waals surface area contributed by atoms with E-state index in [1.165, 1.54) is 0 Å². The molecule has 0 fully saturated rings. The van der Waals surface area contributed by atoms with E-state index in [-0.39, 0.29) is 18.9 Å². The van der Waals surface area contributed by atoms with Crippen LogP contribution in [0.5, 0.6) is 17.2 Å². The Morgan fingerprint density at radius 1 is 1.03 bits per heavy atom. The van der Waals surface area contributed by atoms with Crippen LogP contribution in [-0.4, -0.2) is 24.2 Å². The Balaban J connectivity index is 1.43. The van der Waals surface area contributed by atoms with Crippen molar-refractivity contribution in [3.05, 3.63) is 83.4 Å². The number of fused-ring (bicyclic) bond motifs is 2. The molecule has 6 heteroatoms. The number of anilines is 1. The number of carbonyl (C=O) groups excluding carboxylic acids is 1. The lowest BCUT2D eigenvalue weighted by atomic mass is 10.1. The quantitative estimate of drug-likeness (QED) is 0.654. The minimum atomic E-state index is -0.267. The maximum Gasteiger partial charge on any atom is 0.256 e. The van der Waals surface area contributed by atoms with Gasteiger partial charge in [-0.25, -0.2) is 0 Å². The third kappa shape index (κ3) is 3.30. The molecule has 3 aromatic carbocycles. The van der Waals surface area contributed by atoms with Gasteiger partial charge in [-0.3, -0.25) is 4.79 Å². The van der Waals surface area contributed by atoms with E-state index in [1.54, 1.807) is 0 Å². The van der Waals surface area contributed by atoms with Crippen LogP contribution >= 0.6 is 0 Å². The minimum absolute atomic E-state index is 0.00621. The smallest absolute Gasteiger partial charge is 0.256 e. The van der Waals surface area contributed by atoms with Crippen molar-refractivity contribution in [2.24, 2.45) is 0 Å². The van der Waals surface area contributed by atoms with Crippen LogP contribution in [0.3, 0.4) is 0 Å². The first kappa shape index (κ1) is 18.4. The highest BCUT2D eigenvalue weighted by molar-refractivity contribution is 5.99. The Labute approximate surface area is 175 Å². The molecule has 30 heavy (non-hydrogen) atoms. The fourth-order valence-corrected chi connectivity index (χ4v) is 3.90. The van der Waals surface area contributed by atoms with Crippen molar-refractivity contribution in [2.75, 3.05) is 18.7 Å². The molecule has 0 aliphatic carbocycles. The summed E-state index contributed by atoms with van der Waals surface area (Å²) in [6, 6.07) is 21.3. The van der Waals surface area contributed by atoms with E-state index < -0.39 is 0 Å². The van der Waals surface area contributed by atoms with Gasteiger partial charge in [0, 0.05) is 23.4 Å². The van der Waals surface area contributed by atoms with E-state index in [2.05, 4.69) is 5.32 Å². The lowest BCUT2D eigenvalue weighted by molar-refractivity contribution is 0.0728. The Hall–Kier alpha value is -3.67. The van der Waals surface area contributed by atoms with Gasteiger partial charge in [0.15, 0.2) is 11.5 Å². The second kappa shape index (κ2) is 7.63. The minimum Gasteiger partial charge on any atom is -0.494 e. The molecule has 0 saturated heterocycles. The summed E-state index contributed by atoms with van der Waals surface area (Å²) in [5, 5.41) is 3.51. The number of nitrogens with one attached hydrogen (secondary N) is 1.